The Kier molecular flexibility index (Phi) is 23.2. The quantitative estimate of drug-likeness (QED) is 0.0787. The number of hydrogen-bond acceptors (Lipinski definition) is 17. The molecule has 4 aliphatic rings. The van der Waals surface area contributed by atoms with E-state index in [9.17, 15) is 27.6 Å². The number of aryl methyl sites for hydroxylation is 1. The number of benzene rings is 3. The summed E-state index contributed by atoms with van der Waals surface area (Å²) in [7, 11) is -3.75. The van der Waals surface area contributed by atoms with Crippen LogP contribution in [0, 0.1) is 18.8 Å². The smallest absolute Gasteiger partial charge is 0.410 e. The number of halogens is 2. The molecule has 0 aliphatic carbocycles. The van der Waals surface area contributed by atoms with E-state index in [4.69, 9.17) is 67.3 Å². The first-order valence-electron chi connectivity index (χ1n) is 25.8. The van der Waals surface area contributed by atoms with Crippen LogP contribution in [0.15, 0.2) is 53.4 Å². The molecule has 4 heterocycles. The predicted molar refractivity (Wildman–Crippen MR) is 294 cm³/mol. The zero-order chi connectivity index (χ0) is 56.7. The number of hydrogen-bond donors (Lipinski definition) is 5. The van der Waals surface area contributed by atoms with Gasteiger partial charge >= 0.3 is 12.2 Å². The molecule has 4 amide bonds. The number of nitrogen functional groups attached to an aromatic ring is 2. The maximum absolute atomic E-state index is 12.8. The average molecular weight is 1140 g/mol. The number of likely N-dealkylation sites (tertiary alicyclic amines) is 2. The number of nitrogens with zero attached hydrogens (tertiary/aromatic N) is 3. The second kappa shape index (κ2) is 28.5. The SMILES string of the molecule is CCOc1cc(N)c(Cl)cc1C(=O)NCC1CN(CC2CN(C(=O)OC(C)(C)C)C2)CCO1.CCOc1cc(N)c(Cl)cc1C(=O)NCC1CNCCO1.Cc1ccc(S(=O)(=O)OCC2CN(C(=O)OC(C)(C)C)C2)cc1. The van der Waals surface area contributed by atoms with Crippen molar-refractivity contribution in [3.63, 3.8) is 0 Å². The lowest BCUT2D eigenvalue weighted by atomic mass is 9.99. The van der Waals surface area contributed by atoms with Gasteiger partial charge in [0.05, 0.1) is 82.7 Å². The number of nitrogens with one attached hydrogen (secondary N) is 3. The molecule has 21 nitrogen and oxygen atoms in total. The van der Waals surface area contributed by atoms with Crippen molar-refractivity contribution < 1.29 is 60.2 Å². The fraction of sp³-hybridized carbons (Fsp3) is 0.585. The number of carbonyl (C=O) groups excluding carboxylic acids is 4. The van der Waals surface area contributed by atoms with E-state index in [1.54, 1.807) is 49.9 Å². The summed E-state index contributed by atoms with van der Waals surface area (Å²) in [5.74, 6) is 0.712. The molecule has 7 N–H and O–H groups in total. The lowest BCUT2D eigenvalue weighted by molar-refractivity contribution is -0.0453. The molecule has 2 unspecified atom stereocenters. The fourth-order valence-corrected chi connectivity index (χ4v) is 9.41. The lowest BCUT2D eigenvalue weighted by Crippen LogP contribution is -2.57. The topological polar surface area (TPSA) is 265 Å². The number of nitrogens with two attached hydrogens (primary N) is 2. The first kappa shape index (κ1) is 62.5. The van der Waals surface area contributed by atoms with E-state index >= 15 is 0 Å². The van der Waals surface area contributed by atoms with Gasteiger partial charge in [-0.1, -0.05) is 40.9 Å². The zero-order valence-electron chi connectivity index (χ0n) is 45.7. The molecule has 4 fully saturated rings. The van der Waals surface area contributed by atoms with Crippen molar-refractivity contribution in [2.24, 2.45) is 11.8 Å². The molecule has 3 aromatic carbocycles. The standard InChI is InChI=1S/C23H35ClN4O5.C16H23NO5S.C14H20ClN3O3/c1-5-31-20-9-19(25)18(24)8-17(20)21(29)26-10-16-14-27(6-7-32-16)11-15-12-28(13-15)22(30)33-23(2,3)4;1-12-5-7-14(8-6-12)23(19,20)21-11-13-9-17(10-13)15(18)22-16(2,3)4;1-2-20-13-6-12(16)11(15)5-10(13)14(19)18-8-9-7-17-3-4-21-9/h8-9,15-16H,5-7,10-14,25H2,1-4H3,(H,26,29);5-8,13H,9-11H2,1-4H3;5-6,9,17H,2-4,7-8,16H2,1H3,(H,18,19). The molecule has 0 aromatic heterocycles. The summed E-state index contributed by atoms with van der Waals surface area (Å²) < 4.78 is 62.2. The fourth-order valence-electron chi connectivity index (χ4n) is 8.10. The van der Waals surface area contributed by atoms with Crippen LogP contribution in [0.4, 0.5) is 21.0 Å². The Hall–Kier alpha value is -5.33. The Morgan fingerprint density at radius 3 is 1.66 bits per heavy atom. The zero-order valence-corrected chi connectivity index (χ0v) is 48.0. The van der Waals surface area contributed by atoms with Crippen molar-refractivity contribution in [2.45, 2.75) is 90.6 Å². The summed E-state index contributed by atoms with van der Waals surface area (Å²) in [5, 5.41) is 9.60. The normalized spacial score (nSPS) is 18.2. The van der Waals surface area contributed by atoms with Crippen LogP contribution in [0.5, 0.6) is 11.5 Å². The molecule has 7 rings (SSSR count). The van der Waals surface area contributed by atoms with E-state index in [-0.39, 0.29) is 53.6 Å². The van der Waals surface area contributed by atoms with E-state index in [1.165, 1.54) is 29.2 Å². The van der Waals surface area contributed by atoms with Gasteiger partial charge in [0.25, 0.3) is 21.9 Å². The first-order chi connectivity index (χ1) is 36.2. The molecule has 4 saturated heterocycles. The molecular formula is C53H78Cl2N8O13S. The molecule has 77 heavy (non-hydrogen) atoms. The molecular weight excluding hydrogens is 1060 g/mol. The van der Waals surface area contributed by atoms with Gasteiger partial charge < -0.3 is 65.6 Å². The maximum Gasteiger partial charge on any atom is 0.410 e. The van der Waals surface area contributed by atoms with Crippen LogP contribution in [-0.2, 0) is 33.2 Å². The van der Waals surface area contributed by atoms with Crippen molar-refractivity contribution in [1.82, 2.24) is 30.7 Å². The van der Waals surface area contributed by atoms with Crippen LogP contribution < -0.4 is 36.9 Å². The van der Waals surface area contributed by atoms with Gasteiger partial charge in [0.1, 0.15) is 22.7 Å². The predicted octanol–water partition coefficient (Wildman–Crippen LogP) is 6.22. The molecule has 24 heteroatoms. The van der Waals surface area contributed by atoms with E-state index in [0.717, 1.165) is 31.7 Å². The van der Waals surface area contributed by atoms with Crippen molar-refractivity contribution in [1.29, 1.82) is 0 Å². The van der Waals surface area contributed by atoms with Gasteiger partial charge in [-0.2, -0.15) is 8.42 Å². The summed E-state index contributed by atoms with van der Waals surface area (Å²) >= 11 is 12.1. The van der Waals surface area contributed by atoms with Gasteiger partial charge in [-0.25, -0.2) is 9.59 Å². The highest BCUT2D eigenvalue weighted by molar-refractivity contribution is 7.86. The molecule has 0 radical (unpaired) electrons. The number of amides is 4. The van der Waals surface area contributed by atoms with Crippen molar-refractivity contribution in [3.8, 4) is 11.5 Å². The van der Waals surface area contributed by atoms with Crippen molar-refractivity contribution in [2.75, 3.05) is 116 Å². The van der Waals surface area contributed by atoms with E-state index < -0.39 is 21.3 Å². The maximum atomic E-state index is 12.8. The Morgan fingerprint density at radius 2 is 1.19 bits per heavy atom. The van der Waals surface area contributed by atoms with Gasteiger partial charge in [0.2, 0.25) is 0 Å². The largest absolute Gasteiger partial charge is 0.493 e. The number of morpholine rings is 2. The third kappa shape index (κ3) is 20.1. The van der Waals surface area contributed by atoms with Crippen molar-refractivity contribution in [3.05, 3.63) is 75.3 Å². The summed E-state index contributed by atoms with van der Waals surface area (Å²) in [5.41, 5.74) is 13.0. The number of anilines is 2. The van der Waals surface area contributed by atoms with E-state index in [0.29, 0.717) is 122 Å². The minimum absolute atomic E-state index is 0.00254. The monoisotopic (exact) mass is 1140 g/mol. The summed E-state index contributed by atoms with van der Waals surface area (Å²) in [4.78, 5) is 54.7. The Bertz CT molecular complexity index is 2570. The average Bonchev–Trinajstić information content (AvgIpc) is 3.32. The number of carbonyl (C=O) groups is 4. The molecule has 2 atom stereocenters. The van der Waals surface area contributed by atoms with Crippen LogP contribution in [0.1, 0.15) is 81.7 Å². The Balaban J connectivity index is 0.000000220. The van der Waals surface area contributed by atoms with Gasteiger partial charge in [-0.05, 0) is 86.6 Å². The molecule has 4 aliphatic heterocycles. The Morgan fingerprint density at radius 1 is 0.714 bits per heavy atom. The van der Waals surface area contributed by atoms with Crippen LogP contribution in [0.3, 0.4) is 0 Å². The molecule has 0 spiro atoms. The lowest BCUT2D eigenvalue weighted by Gasteiger charge is -2.43. The molecule has 3 aromatic rings. The van der Waals surface area contributed by atoms with Gasteiger partial charge in [-0.3, -0.25) is 18.7 Å². The van der Waals surface area contributed by atoms with Crippen LogP contribution in [-0.4, -0.2) is 176 Å². The van der Waals surface area contributed by atoms with Crippen LogP contribution in [0.2, 0.25) is 10.0 Å². The third-order valence-corrected chi connectivity index (χ3v) is 13.9. The molecule has 0 saturated carbocycles. The summed E-state index contributed by atoms with van der Waals surface area (Å²) in [6, 6.07) is 12.7. The van der Waals surface area contributed by atoms with Gasteiger partial charge in [0, 0.05) is 96.0 Å². The van der Waals surface area contributed by atoms with Crippen LogP contribution in [0.25, 0.3) is 0 Å². The number of rotatable bonds is 16. The highest BCUT2D eigenvalue weighted by Crippen LogP contribution is 2.31. The first-order valence-corrected chi connectivity index (χ1v) is 28.0. The second-order valence-electron chi connectivity index (χ2n) is 21.0. The molecule has 0 bridgehead atoms. The summed E-state index contributed by atoms with van der Waals surface area (Å²) in [6.07, 6.45) is -0.780. The summed E-state index contributed by atoms with van der Waals surface area (Å²) in [6.45, 7) is 25.8. The Labute approximate surface area is 463 Å². The second-order valence-corrected chi connectivity index (χ2v) is 23.5. The van der Waals surface area contributed by atoms with E-state index in [1.807, 2.05) is 41.5 Å². The van der Waals surface area contributed by atoms with E-state index in [2.05, 4.69) is 20.9 Å². The van der Waals surface area contributed by atoms with Gasteiger partial charge in [0.15, 0.2) is 0 Å². The minimum atomic E-state index is -3.75. The third-order valence-electron chi connectivity index (χ3n) is 12.0. The van der Waals surface area contributed by atoms with Gasteiger partial charge in [-0.15, -0.1) is 0 Å². The minimum Gasteiger partial charge on any atom is -0.493 e. The van der Waals surface area contributed by atoms with Crippen molar-refractivity contribution >= 4 is 68.7 Å². The highest BCUT2D eigenvalue weighted by Gasteiger charge is 2.37. The van der Waals surface area contributed by atoms with Crippen LogP contribution >= 0.6 is 23.2 Å². The highest BCUT2D eigenvalue weighted by atomic mass is 35.5. The molecule has 428 valence electrons. The number of ether oxygens (including phenoxy) is 6.